The summed E-state index contributed by atoms with van der Waals surface area (Å²) in [6, 6.07) is 13.2. The Morgan fingerprint density at radius 3 is 1.79 bits per heavy atom. The molecular weight excluding hydrogens is 897 g/mol. The molecule has 0 spiro atoms. The molecule has 4 N–H and O–H groups in total. The van der Waals surface area contributed by atoms with Gasteiger partial charge in [-0.25, -0.2) is 28.3 Å². The number of thiophene rings is 1. The number of H-pyrrole nitrogens is 2. The van der Waals surface area contributed by atoms with Gasteiger partial charge in [0.05, 0.1) is 79.3 Å². The van der Waals surface area contributed by atoms with Crippen LogP contribution in [-0.2, 0) is 19.1 Å². The molecule has 2 aromatic carbocycles. The van der Waals surface area contributed by atoms with Crippen molar-refractivity contribution in [2.75, 3.05) is 27.3 Å². The number of halogens is 2. The number of nitrogens with one attached hydrogen (secondary N) is 4. The Balaban J connectivity index is 1.02. The molecule has 358 valence electrons. The number of benzene rings is 2. The molecule has 6 aromatic rings. The lowest BCUT2D eigenvalue weighted by Gasteiger charge is -2.30. The monoisotopic (exact) mass is 951 g/mol. The van der Waals surface area contributed by atoms with Gasteiger partial charge >= 0.3 is 12.2 Å². The van der Waals surface area contributed by atoms with Gasteiger partial charge in [-0.3, -0.25) is 14.2 Å². The van der Waals surface area contributed by atoms with Crippen LogP contribution in [-0.4, -0.2) is 110 Å². The van der Waals surface area contributed by atoms with Crippen LogP contribution in [0.2, 0.25) is 0 Å². The molecule has 7 heterocycles. The number of alkyl halides is 2. The van der Waals surface area contributed by atoms with E-state index in [0.717, 1.165) is 43.7 Å². The predicted molar refractivity (Wildman–Crippen MR) is 251 cm³/mol. The van der Waals surface area contributed by atoms with Crippen LogP contribution in [0, 0.1) is 25.7 Å². The standard InChI is InChI=1S/C49H55F2N9O7S/c1-23(2)41(56-48(63)65-7)45(61)58-21-30(50)17-37(58)43-52-19-33(54-43)27-10-12-35-29(14-27)15-36-32-11-9-28(16-39(32)67-47(60(35)36)40-13-25(5)26(6)68-40)34-20-53-44(55-34)38-18-31(51)22-59(38)46(62)42(24(3)4)57-49(64)66-8/h9-16,19-20,23-24,30-31,37-38,41-42,47H,17-18,21-22H2,1-8H3,(H,52,54)(H,53,55)(H,56,63)(H,57,64)/t30-,31-,37+,38+,41+,42+,47?/m1/s1. The first-order valence-corrected chi connectivity index (χ1v) is 23.6. The van der Waals surface area contributed by atoms with E-state index in [4.69, 9.17) is 14.2 Å². The van der Waals surface area contributed by atoms with Crippen LogP contribution in [0.1, 0.15) is 85.8 Å². The molecule has 19 heteroatoms. The number of aromatic amines is 2. The van der Waals surface area contributed by atoms with Crippen molar-refractivity contribution >= 4 is 46.2 Å². The minimum atomic E-state index is -1.27. The van der Waals surface area contributed by atoms with Gasteiger partial charge in [0.2, 0.25) is 18.0 Å². The third-order valence-corrected chi connectivity index (χ3v) is 14.5. The van der Waals surface area contributed by atoms with E-state index < -0.39 is 66.7 Å². The van der Waals surface area contributed by atoms with E-state index in [2.05, 4.69) is 67.2 Å². The molecule has 4 aromatic heterocycles. The van der Waals surface area contributed by atoms with E-state index in [1.165, 1.54) is 28.9 Å². The van der Waals surface area contributed by atoms with E-state index >= 15 is 8.78 Å². The second-order valence-corrected chi connectivity index (χ2v) is 19.8. The van der Waals surface area contributed by atoms with Crippen molar-refractivity contribution in [2.24, 2.45) is 11.8 Å². The third kappa shape index (κ3) is 8.56. The number of aryl methyl sites for hydroxylation is 2. The van der Waals surface area contributed by atoms with Gasteiger partial charge in [-0.2, -0.15) is 0 Å². The highest BCUT2D eigenvalue weighted by atomic mass is 32.1. The van der Waals surface area contributed by atoms with E-state index in [-0.39, 0.29) is 37.8 Å². The van der Waals surface area contributed by atoms with Crippen molar-refractivity contribution in [3.63, 3.8) is 0 Å². The Hall–Kier alpha value is -6.76. The number of amides is 4. The number of carbonyl (C=O) groups is 4. The Labute approximate surface area is 395 Å². The second-order valence-electron chi connectivity index (χ2n) is 18.5. The molecule has 0 radical (unpaired) electrons. The van der Waals surface area contributed by atoms with E-state index in [9.17, 15) is 19.2 Å². The zero-order valence-electron chi connectivity index (χ0n) is 39.1. The van der Waals surface area contributed by atoms with Gasteiger partial charge in [0.15, 0.2) is 0 Å². The van der Waals surface area contributed by atoms with Crippen molar-refractivity contribution in [3.8, 4) is 39.5 Å². The molecule has 2 fully saturated rings. The second kappa shape index (κ2) is 18.4. The van der Waals surface area contributed by atoms with E-state index in [1.54, 1.807) is 51.4 Å². The molecule has 3 aliphatic heterocycles. The fourth-order valence-electron chi connectivity index (χ4n) is 9.58. The summed E-state index contributed by atoms with van der Waals surface area (Å²) in [5, 5.41) is 6.16. The minimum absolute atomic E-state index is 0.0559. The fraction of sp³-hybridized carbons (Fsp3) is 0.429. The maximum Gasteiger partial charge on any atom is 0.407 e. The van der Waals surface area contributed by atoms with Gasteiger partial charge in [-0.05, 0) is 67.6 Å². The number of aromatic nitrogens is 5. The number of ether oxygens (including phenoxy) is 3. The number of imidazole rings is 2. The number of alkyl carbamates (subject to hydrolysis) is 2. The smallest absolute Gasteiger partial charge is 0.407 e. The van der Waals surface area contributed by atoms with Crippen LogP contribution in [0.25, 0.3) is 44.7 Å². The van der Waals surface area contributed by atoms with Crippen LogP contribution in [0.15, 0.2) is 60.9 Å². The van der Waals surface area contributed by atoms with E-state index in [0.29, 0.717) is 28.8 Å². The SMILES string of the molecule is COC(=O)N[C@H](C(=O)N1C[C@H](F)C[C@H]1c1ncc(-c2ccc3c(c2)OC(c2cc(C)c(C)s2)n2c-3cc3cc(-c4cnc([C@@H]5C[C@@H](F)CN5C(=O)[C@@H](NC(=O)OC)C(C)C)[nH]4)ccc32)[nH]1)C(C)C. The van der Waals surface area contributed by atoms with Gasteiger partial charge in [0, 0.05) is 39.8 Å². The quantitative estimate of drug-likeness (QED) is 0.0985. The maximum absolute atomic E-state index is 15.1. The summed E-state index contributed by atoms with van der Waals surface area (Å²) in [4.78, 5) is 72.9. The Bertz CT molecular complexity index is 2890. The number of carbonyl (C=O) groups excluding carboxylic acids is 4. The lowest BCUT2D eigenvalue weighted by atomic mass is 10.0. The zero-order chi connectivity index (χ0) is 48.3. The lowest BCUT2D eigenvalue weighted by Crippen LogP contribution is -2.51. The fourth-order valence-corrected chi connectivity index (χ4v) is 10.6. The molecule has 3 aliphatic rings. The number of hydrogen-bond donors (Lipinski definition) is 4. The minimum Gasteiger partial charge on any atom is -0.464 e. The average Bonchev–Trinajstić information content (AvgIpc) is 4.19. The topological polar surface area (TPSA) is 189 Å². The number of fused-ring (bicyclic) bond motifs is 5. The summed E-state index contributed by atoms with van der Waals surface area (Å²) in [5.41, 5.74) is 6.89. The van der Waals surface area contributed by atoms with Crippen LogP contribution < -0.4 is 15.4 Å². The van der Waals surface area contributed by atoms with Crippen LogP contribution >= 0.6 is 11.3 Å². The first-order chi connectivity index (χ1) is 32.5. The largest absolute Gasteiger partial charge is 0.464 e. The van der Waals surface area contributed by atoms with Crippen molar-refractivity contribution in [1.82, 2.24) is 44.9 Å². The summed E-state index contributed by atoms with van der Waals surface area (Å²) in [6.45, 7) is 11.1. The van der Waals surface area contributed by atoms with Crippen LogP contribution in [0.4, 0.5) is 18.4 Å². The Morgan fingerprint density at radius 1 is 0.765 bits per heavy atom. The predicted octanol–water partition coefficient (Wildman–Crippen LogP) is 8.69. The van der Waals surface area contributed by atoms with Gasteiger partial charge in [-0.15, -0.1) is 11.3 Å². The van der Waals surface area contributed by atoms with Gasteiger partial charge in [-0.1, -0.05) is 39.8 Å². The number of methoxy groups -OCH3 is 2. The lowest BCUT2D eigenvalue weighted by molar-refractivity contribution is -0.136. The van der Waals surface area contributed by atoms with Crippen molar-refractivity contribution in [1.29, 1.82) is 0 Å². The number of nitrogens with zero attached hydrogens (tertiary/aromatic N) is 5. The molecule has 0 aliphatic carbocycles. The molecule has 7 atom stereocenters. The van der Waals surface area contributed by atoms with Crippen LogP contribution in [0.5, 0.6) is 5.75 Å². The maximum atomic E-state index is 15.1. The summed E-state index contributed by atoms with van der Waals surface area (Å²) >= 11 is 1.67. The summed E-state index contributed by atoms with van der Waals surface area (Å²) in [6.07, 6.45) is -1.02. The normalized spacial score (nSPS) is 20.9. The molecule has 4 amide bonds. The zero-order valence-corrected chi connectivity index (χ0v) is 39.9. The molecule has 16 nitrogen and oxygen atoms in total. The average molecular weight is 952 g/mol. The number of hydrogen-bond acceptors (Lipinski definition) is 10. The highest BCUT2D eigenvalue weighted by Crippen LogP contribution is 2.47. The molecule has 1 unspecified atom stereocenters. The van der Waals surface area contributed by atoms with Gasteiger partial charge < -0.3 is 44.6 Å². The summed E-state index contributed by atoms with van der Waals surface area (Å²) in [7, 11) is 2.45. The van der Waals surface area contributed by atoms with Gasteiger partial charge in [0.25, 0.3) is 0 Å². The summed E-state index contributed by atoms with van der Waals surface area (Å²) < 4.78 is 48.8. The van der Waals surface area contributed by atoms with Crippen LogP contribution in [0.3, 0.4) is 0 Å². The molecule has 9 rings (SSSR count). The molecular formula is C49H55F2N9O7S. The first-order valence-electron chi connectivity index (χ1n) is 22.7. The molecule has 2 saturated heterocycles. The first kappa shape index (κ1) is 46.4. The Kier molecular flexibility index (Phi) is 12.5. The number of likely N-dealkylation sites (tertiary alicyclic amines) is 2. The highest BCUT2D eigenvalue weighted by molar-refractivity contribution is 7.12. The highest BCUT2D eigenvalue weighted by Gasteiger charge is 2.43. The van der Waals surface area contributed by atoms with Crippen molar-refractivity contribution in [3.05, 3.63) is 87.9 Å². The van der Waals surface area contributed by atoms with E-state index in [1.807, 2.05) is 30.3 Å². The van der Waals surface area contributed by atoms with Crippen molar-refractivity contribution in [2.45, 2.75) is 97.1 Å². The molecule has 68 heavy (non-hydrogen) atoms. The number of rotatable bonds is 11. The Morgan fingerprint density at radius 2 is 1.29 bits per heavy atom. The molecule has 0 bridgehead atoms. The third-order valence-electron chi connectivity index (χ3n) is 13.3. The van der Waals surface area contributed by atoms with Crippen molar-refractivity contribution < 1.29 is 42.2 Å². The van der Waals surface area contributed by atoms with Gasteiger partial charge in [0.1, 0.15) is 41.8 Å². The summed E-state index contributed by atoms with van der Waals surface area (Å²) in [5.74, 6) is 0.174. The molecule has 0 saturated carbocycles.